The van der Waals surface area contributed by atoms with E-state index in [1.807, 2.05) is 0 Å². The Kier molecular flexibility index (Phi) is 3.36. The second-order valence-corrected chi connectivity index (χ2v) is 5.88. The van der Waals surface area contributed by atoms with E-state index in [-0.39, 0.29) is 17.0 Å². The fourth-order valence-corrected chi connectivity index (χ4v) is 2.57. The van der Waals surface area contributed by atoms with Crippen LogP contribution in [0.2, 0.25) is 0 Å². The van der Waals surface area contributed by atoms with Crippen molar-refractivity contribution in [1.82, 2.24) is 4.57 Å². The van der Waals surface area contributed by atoms with Crippen LogP contribution in [0.1, 0.15) is 20.3 Å². The van der Waals surface area contributed by atoms with Gasteiger partial charge in [-0.05, 0) is 32.4 Å². The van der Waals surface area contributed by atoms with E-state index < -0.39 is 5.60 Å². The van der Waals surface area contributed by atoms with E-state index in [9.17, 15) is 14.7 Å². The SMILES string of the molecule is CC(C)(O)CCn1c(=O)sc2ccccc2c1=O. The van der Waals surface area contributed by atoms with Gasteiger partial charge in [-0.25, -0.2) is 0 Å². The molecule has 0 amide bonds. The molecule has 1 N–H and O–H groups in total. The Balaban J connectivity index is 2.52. The molecule has 0 aliphatic carbocycles. The first-order valence-electron chi connectivity index (χ1n) is 5.73. The molecule has 0 aliphatic rings. The Hall–Kier alpha value is -1.46. The Morgan fingerprint density at radius 2 is 1.94 bits per heavy atom. The summed E-state index contributed by atoms with van der Waals surface area (Å²) in [6.07, 6.45) is 0.368. The zero-order valence-corrected chi connectivity index (χ0v) is 11.2. The van der Waals surface area contributed by atoms with E-state index in [1.54, 1.807) is 38.1 Å². The van der Waals surface area contributed by atoms with Crippen molar-refractivity contribution in [3.8, 4) is 0 Å². The molecule has 0 aliphatic heterocycles. The van der Waals surface area contributed by atoms with Crippen molar-refractivity contribution in [1.29, 1.82) is 0 Å². The van der Waals surface area contributed by atoms with Crippen LogP contribution in [-0.2, 0) is 6.54 Å². The lowest BCUT2D eigenvalue weighted by molar-refractivity contribution is 0.0658. The van der Waals surface area contributed by atoms with Gasteiger partial charge in [-0.1, -0.05) is 23.5 Å². The van der Waals surface area contributed by atoms with Crippen LogP contribution in [0.15, 0.2) is 33.9 Å². The molecule has 4 nitrogen and oxygen atoms in total. The maximum absolute atomic E-state index is 12.2. The summed E-state index contributed by atoms with van der Waals surface area (Å²) in [6.45, 7) is 3.56. The Morgan fingerprint density at radius 3 is 2.61 bits per heavy atom. The van der Waals surface area contributed by atoms with Crippen LogP contribution in [0, 0.1) is 0 Å². The van der Waals surface area contributed by atoms with E-state index in [1.165, 1.54) is 4.57 Å². The number of fused-ring (bicyclic) bond motifs is 1. The monoisotopic (exact) mass is 265 g/mol. The summed E-state index contributed by atoms with van der Waals surface area (Å²) in [4.78, 5) is 23.7. The predicted molar refractivity (Wildman–Crippen MR) is 73.3 cm³/mol. The lowest BCUT2D eigenvalue weighted by atomic mass is 10.1. The van der Waals surface area contributed by atoms with E-state index in [0.29, 0.717) is 16.5 Å². The number of hydrogen-bond acceptors (Lipinski definition) is 4. The van der Waals surface area contributed by atoms with E-state index in [2.05, 4.69) is 0 Å². The molecule has 0 fully saturated rings. The first-order valence-corrected chi connectivity index (χ1v) is 6.55. The van der Waals surface area contributed by atoms with Crippen molar-refractivity contribution in [3.63, 3.8) is 0 Å². The fraction of sp³-hybridized carbons (Fsp3) is 0.385. The van der Waals surface area contributed by atoms with Gasteiger partial charge in [0.25, 0.3) is 5.56 Å². The smallest absolute Gasteiger partial charge is 0.310 e. The highest BCUT2D eigenvalue weighted by molar-refractivity contribution is 7.16. The number of rotatable bonds is 3. The van der Waals surface area contributed by atoms with Gasteiger partial charge in [0.15, 0.2) is 0 Å². The summed E-state index contributed by atoms with van der Waals surface area (Å²) >= 11 is 1.06. The van der Waals surface area contributed by atoms with Crippen molar-refractivity contribution in [2.24, 2.45) is 0 Å². The van der Waals surface area contributed by atoms with Crippen LogP contribution in [-0.4, -0.2) is 15.3 Å². The standard InChI is InChI=1S/C13H15NO3S/c1-13(2,17)7-8-14-11(15)9-5-3-4-6-10(9)18-12(14)16/h3-6,17H,7-8H2,1-2H3. The van der Waals surface area contributed by atoms with Crippen LogP contribution in [0.25, 0.3) is 10.1 Å². The maximum Gasteiger partial charge on any atom is 0.310 e. The minimum absolute atomic E-state index is 0.239. The molecule has 0 atom stereocenters. The summed E-state index contributed by atoms with van der Waals surface area (Å²) in [5.74, 6) is 0. The Labute approximate surface area is 108 Å². The summed E-state index contributed by atoms with van der Waals surface area (Å²) in [5.41, 5.74) is -1.17. The molecule has 1 aromatic carbocycles. The third-order valence-corrected chi connectivity index (χ3v) is 3.70. The van der Waals surface area contributed by atoms with Crippen molar-refractivity contribution in [3.05, 3.63) is 44.3 Å². The number of nitrogens with zero attached hydrogens (tertiary/aromatic N) is 1. The lowest BCUT2D eigenvalue weighted by Gasteiger charge is -2.17. The normalized spacial score (nSPS) is 11.9. The van der Waals surface area contributed by atoms with Crippen LogP contribution >= 0.6 is 11.3 Å². The van der Waals surface area contributed by atoms with Gasteiger partial charge in [0.2, 0.25) is 0 Å². The van der Waals surface area contributed by atoms with Gasteiger partial charge >= 0.3 is 4.87 Å². The van der Waals surface area contributed by atoms with Crippen LogP contribution in [0.3, 0.4) is 0 Å². The van der Waals surface area contributed by atoms with Gasteiger partial charge in [-0.2, -0.15) is 0 Å². The van der Waals surface area contributed by atoms with Gasteiger partial charge in [-0.3, -0.25) is 14.2 Å². The molecule has 0 spiro atoms. The molecular weight excluding hydrogens is 250 g/mol. The molecule has 0 saturated carbocycles. The highest BCUT2D eigenvalue weighted by Gasteiger charge is 2.15. The summed E-state index contributed by atoms with van der Waals surface area (Å²) in [6, 6.07) is 7.07. The first kappa shape index (κ1) is 13.0. The Morgan fingerprint density at radius 1 is 1.28 bits per heavy atom. The maximum atomic E-state index is 12.2. The van der Waals surface area contributed by atoms with E-state index in [0.717, 1.165) is 11.3 Å². The molecule has 0 saturated heterocycles. The quantitative estimate of drug-likeness (QED) is 0.916. The summed E-state index contributed by atoms with van der Waals surface area (Å²) in [5, 5.41) is 10.2. The average molecular weight is 265 g/mol. The predicted octanol–water partition coefficient (Wildman–Crippen LogP) is 1.58. The molecule has 1 heterocycles. The minimum Gasteiger partial charge on any atom is -0.390 e. The largest absolute Gasteiger partial charge is 0.390 e. The topological polar surface area (TPSA) is 59.3 Å². The van der Waals surface area contributed by atoms with Gasteiger partial charge < -0.3 is 5.11 Å². The molecule has 0 unspecified atom stereocenters. The van der Waals surface area contributed by atoms with Crippen molar-refractivity contribution in [2.45, 2.75) is 32.4 Å². The second-order valence-electron chi connectivity index (χ2n) is 4.88. The zero-order chi connectivity index (χ0) is 13.3. The molecule has 2 aromatic rings. The number of hydrogen-bond donors (Lipinski definition) is 1. The molecule has 5 heteroatoms. The third-order valence-electron chi connectivity index (χ3n) is 2.73. The molecule has 96 valence electrons. The first-order chi connectivity index (χ1) is 8.38. The van der Waals surface area contributed by atoms with E-state index >= 15 is 0 Å². The molecule has 18 heavy (non-hydrogen) atoms. The minimum atomic E-state index is -0.887. The fourth-order valence-electron chi connectivity index (χ4n) is 1.69. The zero-order valence-electron chi connectivity index (χ0n) is 10.3. The van der Waals surface area contributed by atoms with Gasteiger partial charge in [-0.15, -0.1) is 0 Å². The number of benzene rings is 1. The molecular formula is C13H15NO3S. The van der Waals surface area contributed by atoms with Crippen molar-refractivity contribution in [2.75, 3.05) is 0 Å². The summed E-state index contributed by atoms with van der Waals surface area (Å²) < 4.78 is 1.90. The van der Waals surface area contributed by atoms with Gasteiger partial charge in [0, 0.05) is 11.2 Å². The highest BCUT2D eigenvalue weighted by atomic mass is 32.1. The van der Waals surface area contributed by atoms with Crippen LogP contribution < -0.4 is 10.4 Å². The van der Waals surface area contributed by atoms with E-state index in [4.69, 9.17) is 0 Å². The van der Waals surface area contributed by atoms with Gasteiger partial charge in [0.05, 0.1) is 11.0 Å². The molecule has 0 bridgehead atoms. The molecule has 0 radical (unpaired) electrons. The molecule has 1 aromatic heterocycles. The van der Waals surface area contributed by atoms with Crippen LogP contribution in [0.5, 0.6) is 0 Å². The number of aliphatic hydroxyl groups is 1. The van der Waals surface area contributed by atoms with Crippen LogP contribution in [0.4, 0.5) is 0 Å². The highest BCUT2D eigenvalue weighted by Crippen LogP contribution is 2.12. The van der Waals surface area contributed by atoms with Gasteiger partial charge in [0.1, 0.15) is 0 Å². The average Bonchev–Trinajstić information content (AvgIpc) is 2.27. The number of aromatic nitrogens is 1. The summed E-state index contributed by atoms with van der Waals surface area (Å²) in [7, 11) is 0. The van der Waals surface area contributed by atoms with Crippen molar-refractivity contribution < 1.29 is 5.11 Å². The lowest BCUT2D eigenvalue weighted by Crippen LogP contribution is -2.34. The Bertz CT molecular complexity index is 679. The molecule has 2 rings (SSSR count). The third kappa shape index (κ3) is 2.68. The van der Waals surface area contributed by atoms with Crippen molar-refractivity contribution >= 4 is 21.4 Å². The second kappa shape index (κ2) is 4.66.